The summed E-state index contributed by atoms with van der Waals surface area (Å²) in [5.74, 6) is 1.40. The van der Waals surface area contributed by atoms with Gasteiger partial charge in [-0.25, -0.2) is 0 Å². The van der Waals surface area contributed by atoms with E-state index in [1.54, 1.807) is 0 Å². The van der Waals surface area contributed by atoms with Gasteiger partial charge >= 0.3 is 0 Å². The van der Waals surface area contributed by atoms with E-state index in [9.17, 15) is 0 Å². The average molecular weight is 514 g/mol. The summed E-state index contributed by atoms with van der Waals surface area (Å²) in [5.41, 5.74) is 2.59. The van der Waals surface area contributed by atoms with E-state index in [1.165, 1.54) is 30.4 Å². The lowest BCUT2D eigenvalue weighted by molar-refractivity contribution is -0.0265. The zero-order valence-electron chi connectivity index (χ0n) is 18.5. The number of nitrogens with one attached hydrogen (secondary N) is 2. The monoisotopic (exact) mass is 514 g/mol. The fourth-order valence-corrected chi connectivity index (χ4v) is 4.35. The number of halogens is 1. The van der Waals surface area contributed by atoms with Crippen LogP contribution in [-0.4, -0.2) is 56.2 Å². The molecular formula is C23H39IN4O. The van der Waals surface area contributed by atoms with Crippen molar-refractivity contribution in [2.75, 3.05) is 33.3 Å². The zero-order chi connectivity index (χ0) is 19.9. The Bertz CT molecular complexity index is 626. The molecule has 0 saturated carbocycles. The molecule has 2 atom stereocenters. The van der Waals surface area contributed by atoms with Crippen LogP contribution < -0.4 is 10.6 Å². The molecular weight excluding hydrogens is 475 g/mol. The summed E-state index contributed by atoms with van der Waals surface area (Å²) in [5, 5.41) is 7.21. The van der Waals surface area contributed by atoms with Crippen LogP contribution in [-0.2, 0) is 4.74 Å². The Kier molecular flexibility index (Phi) is 10.2. The summed E-state index contributed by atoms with van der Waals surface area (Å²) in [7, 11) is 1.87. The number of likely N-dealkylation sites (tertiary alicyclic amines) is 1. The van der Waals surface area contributed by atoms with Crippen molar-refractivity contribution in [1.82, 2.24) is 15.5 Å². The second kappa shape index (κ2) is 12.1. The Balaban J connectivity index is 0.00000300. The molecule has 2 N–H and O–H groups in total. The van der Waals surface area contributed by atoms with Crippen molar-refractivity contribution in [2.24, 2.45) is 10.9 Å². The van der Waals surface area contributed by atoms with E-state index in [4.69, 9.17) is 4.74 Å². The van der Waals surface area contributed by atoms with Gasteiger partial charge in [-0.2, -0.15) is 0 Å². The molecule has 3 rings (SSSR count). The van der Waals surface area contributed by atoms with Gasteiger partial charge < -0.3 is 20.3 Å². The van der Waals surface area contributed by atoms with Gasteiger partial charge in [0.15, 0.2) is 5.96 Å². The minimum absolute atomic E-state index is 0. The van der Waals surface area contributed by atoms with Crippen LogP contribution in [0.3, 0.4) is 0 Å². The van der Waals surface area contributed by atoms with Crippen molar-refractivity contribution >= 4 is 29.9 Å². The number of benzene rings is 1. The number of guanidine groups is 1. The predicted molar refractivity (Wildman–Crippen MR) is 132 cm³/mol. The van der Waals surface area contributed by atoms with Crippen LogP contribution in [0.2, 0.25) is 0 Å². The third-order valence-corrected chi connectivity index (χ3v) is 6.21. The molecule has 29 heavy (non-hydrogen) atoms. The van der Waals surface area contributed by atoms with Gasteiger partial charge in [-0.1, -0.05) is 29.8 Å². The summed E-state index contributed by atoms with van der Waals surface area (Å²) >= 11 is 0. The lowest BCUT2D eigenvalue weighted by atomic mass is 9.89. The van der Waals surface area contributed by atoms with Crippen LogP contribution in [0.5, 0.6) is 0 Å². The highest BCUT2D eigenvalue weighted by atomic mass is 127. The molecule has 2 unspecified atom stereocenters. The van der Waals surface area contributed by atoms with Crippen molar-refractivity contribution in [3.63, 3.8) is 0 Å². The average Bonchev–Trinajstić information content (AvgIpc) is 2.72. The Morgan fingerprint density at radius 1 is 1.17 bits per heavy atom. The van der Waals surface area contributed by atoms with Gasteiger partial charge in [-0.15, -0.1) is 24.0 Å². The maximum atomic E-state index is 6.16. The highest BCUT2D eigenvalue weighted by molar-refractivity contribution is 14.0. The maximum absolute atomic E-state index is 6.16. The molecule has 2 aliphatic rings. The van der Waals surface area contributed by atoms with Gasteiger partial charge in [0.2, 0.25) is 0 Å². The molecule has 2 aliphatic heterocycles. The highest BCUT2D eigenvalue weighted by Crippen LogP contribution is 2.33. The molecule has 1 aromatic rings. The van der Waals surface area contributed by atoms with Crippen molar-refractivity contribution in [3.05, 3.63) is 35.4 Å². The Labute approximate surface area is 194 Å². The number of rotatable bonds is 5. The van der Waals surface area contributed by atoms with E-state index in [0.29, 0.717) is 18.0 Å². The molecule has 0 amide bonds. The second-order valence-corrected chi connectivity index (χ2v) is 8.61. The molecule has 0 aromatic heterocycles. The SMILES string of the molecule is CN=C(NCC1CCCOC1c1ccc(C)cc1)NC1CCN(C(C)C)CC1.I. The fourth-order valence-electron chi connectivity index (χ4n) is 4.35. The third kappa shape index (κ3) is 7.10. The van der Waals surface area contributed by atoms with Crippen molar-refractivity contribution < 1.29 is 4.74 Å². The molecule has 2 heterocycles. The Morgan fingerprint density at radius 2 is 1.86 bits per heavy atom. The number of nitrogens with zero attached hydrogens (tertiary/aromatic N) is 2. The molecule has 6 heteroatoms. The van der Waals surface area contributed by atoms with Gasteiger partial charge in [-0.05, 0) is 52.0 Å². The van der Waals surface area contributed by atoms with E-state index in [2.05, 4.69) is 65.6 Å². The first-order valence-electron chi connectivity index (χ1n) is 11.0. The summed E-state index contributed by atoms with van der Waals surface area (Å²) in [6.45, 7) is 10.8. The number of aryl methyl sites for hydroxylation is 1. The first-order chi connectivity index (χ1) is 13.6. The van der Waals surface area contributed by atoms with Crippen molar-refractivity contribution in [1.29, 1.82) is 0 Å². The minimum atomic E-state index is 0. The third-order valence-electron chi connectivity index (χ3n) is 6.21. The summed E-state index contributed by atoms with van der Waals surface area (Å²) in [4.78, 5) is 7.03. The van der Waals surface area contributed by atoms with Crippen molar-refractivity contribution in [3.8, 4) is 0 Å². The zero-order valence-corrected chi connectivity index (χ0v) is 20.8. The Hall–Kier alpha value is -0.860. The summed E-state index contributed by atoms with van der Waals surface area (Å²) in [6.07, 6.45) is 4.85. The quantitative estimate of drug-likeness (QED) is 0.353. The Morgan fingerprint density at radius 3 is 2.48 bits per heavy atom. The first kappa shape index (κ1) is 24.4. The van der Waals surface area contributed by atoms with Crippen molar-refractivity contribution in [2.45, 2.75) is 64.6 Å². The van der Waals surface area contributed by atoms with Gasteiger partial charge in [0.05, 0.1) is 6.10 Å². The first-order valence-corrected chi connectivity index (χ1v) is 11.0. The largest absolute Gasteiger partial charge is 0.373 e. The molecule has 2 saturated heterocycles. The summed E-state index contributed by atoms with van der Waals surface area (Å²) < 4.78 is 6.16. The minimum Gasteiger partial charge on any atom is -0.373 e. The molecule has 0 aliphatic carbocycles. The number of piperidine rings is 1. The molecule has 164 valence electrons. The van der Waals surface area contributed by atoms with E-state index >= 15 is 0 Å². The van der Waals surface area contributed by atoms with Crippen LogP contribution in [0.4, 0.5) is 0 Å². The van der Waals surface area contributed by atoms with Crippen LogP contribution in [0.25, 0.3) is 0 Å². The van der Waals surface area contributed by atoms with Crippen LogP contribution >= 0.6 is 24.0 Å². The van der Waals surface area contributed by atoms with Crippen LogP contribution in [0, 0.1) is 12.8 Å². The molecule has 5 nitrogen and oxygen atoms in total. The standard InChI is InChI=1S/C23H38N4O.HI/c1-17(2)27-13-11-21(12-14-27)26-23(24-4)25-16-20-6-5-15-28-22(20)19-9-7-18(3)8-10-19;/h7-10,17,20-22H,5-6,11-16H2,1-4H3,(H2,24,25,26);1H. The van der Waals surface area contributed by atoms with Gasteiger partial charge in [0, 0.05) is 51.3 Å². The van der Waals surface area contributed by atoms with Gasteiger partial charge in [-0.3, -0.25) is 4.99 Å². The topological polar surface area (TPSA) is 48.9 Å². The number of ether oxygens (including phenoxy) is 1. The highest BCUT2D eigenvalue weighted by Gasteiger charge is 2.28. The molecule has 0 spiro atoms. The summed E-state index contributed by atoms with van der Waals surface area (Å²) in [6, 6.07) is 9.95. The van der Waals surface area contributed by atoms with Gasteiger partial charge in [0.25, 0.3) is 0 Å². The predicted octanol–water partition coefficient (Wildman–Crippen LogP) is 4.12. The molecule has 2 fully saturated rings. The van der Waals surface area contributed by atoms with E-state index < -0.39 is 0 Å². The lowest BCUT2D eigenvalue weighted by Gasteiger charge is -2.36. The maximum Gasteiger partial charge on any atom is 0.191 e. The fraction of sp³-hybridized carbons (Fsp3) is 0.696. The number of hydrogen-bond donors (Lipinski definition) is 2. The smallest absolute Gasteiger partial charge is 0.191 e. The second-order valence-electron chi connectivity index (χ2n) is 8.61. The molecule has 1 aromatic carbocycles. The van der Waals surface area contributed by atoms with E-state index in [0.717, 1.165) is 38.6 Å². The lowest BCUT2D eigenvalue weighted by Crippen LogP contribution is -2.50. The number of hydrogen-bond acceptors (Lipinski definition) is 3. The van der Waals surface area contributed by atoms with Gasteiger partial charge in [0.1, 0.15) is 0 Å². The van der Waals surface area contributed by atoms with Crippen LogP contribution in [0.15, 0.2) is 29.3 Å². The molecule has 0 bridgehead atoms. The molecule has 0 radical (unpaired) electrons. The van der Waals surface area contributed by atoms with Crippen LogP contribution in [0.1, 0.15) is 56.8 Å². The number of aliphatic imine (C=N–C) groups is 1. The van der Waals surface area contributed by atoms with E-state index in [-0.39, 0.29) is 30.1 Å². The normalized spacial score (nSPS) is 24.2. The van der Waals surface area contributed by atoms with E-state index in [1.807, 2.05) is 7.05 Å².